The molecule has 1 heterocycles. The van der Waals surface area contributed by atoms with E-state index in [0.29, 0.717) is 19.0 Å². The molecule has 0 aromatic rings. The van der Waals surface area contributed by atoms with E-state index in [2.05, 4.69) is 12.2 Å². The molecule has 2 unspecified atom stereocenters. The molecular weight excluding hydrogens is 204 g/mol. The number of amides is 1. The number of hydrogen-bond donors (Lipinski definition) is 2. The van der Waals surface area contributed by atoms with E-state index >= 15 is 0 Å². The SMILES string of the molecule is CCN(CCCO)C(=O)C1CCCC(C)N1. The predicted octanol–water partition coefficient (Wildman–Crippen LogP) is 0.748. The number of aliphatic hydroxyl groups excluding tert-OH is 1. The van der Waals surface area contributed by atoms with Gasteiger partial charge in [0.05, 0.1) is 6.04 Å². The fourth-order valence-corrected chi connectivity index (χ4v) is 2.24. The van der Waals surface area contributed by atoms with E-state index < -0.39 is 0 Å². The highest BCUT2D eigenvalue weighted by Crippen LogP contribution is 2.14. The number of nitrogens with one attached hydrogen (secondary N) is 1. The van der Waals surface area contributed by atoms with Gasteiger partial charge in [-0.05, 0) is 39.5 Å². The van der Waals surface area contributed by atoms with E-state index in [9.17, 15) is 4.79 Å². The normalized spacial score (nSPS) is 25.4. The molecule has 94 valence electrons. The molecule has 16 heavy (non-hydrogen) atoms. The lowest BCUT2D eigenvalue weighted by Gasteiger charge is -2.32. The summed E-state index contributed by atoms with van der Waals surface area (Å²) in [4.78, 5) is 14.0. The molecule has 0 aliphatic carbocycles. The van der Waals surface area contributed by atoms with Crippen LogP contribution in [0.5, 0.6) is 0 Å². The monoisotopic (exact) mass is 228 g/mol. The second-order valence-corrected chi connectivity index (χ2v) is 4.55. The van der Waals surface area contributed by atoms with Gasteiger partial charge in [-0.15, -0.1) is 0 Å². The van der Waals surface area contributed by atoms with Crippen molar-refractivity contribution in [1.82, 2.24) is 10.2 Å². The van der Waals surface area contributed by atoms with Gasteiger partial charge in [0, 0.05) is 25.7 Å². The number of carbonyl (C=O) groups is 1. The third kappa shape index (κ3) is 3.76. The van der Waals surface area contributed by atoms with Crippen LogP contribution in [-0.2, 0) is 4.79 Å². The van der Waals surface area contributed by atoms with Crippen molar-refractivity contribution in [2.24, 2.45) is 0 Å². The maximum absolute atomic E-state index is 12.2. The summed E-state index contributed by atoms with van der Waals surface area (Å²) in [5.74, 6) is 0.197. The van der Waals surface area contributed by atoms with Crippen molar-refractivity contribution in [3.63, 3.8) is 0 Å². The predicted molar refractivity (Wildman–Crippen MR) is 64.2 cm³/mol. The van der Waals surface area contributed by atoms with E-state index in [0.717, 1.165) is 25.8 Å². The zero-order chi connectivity index (χ0) is 12.0. The van der Waals surface area contributed by atoms with Crippen LogP contribution in [0.4, 0.5) is 0 Å². The Morgan fingerprint density at radius 2 is 2.25 bits per heavy atom. The minimum absolute atomic E-state index is 0.0117. The van der Waals surface area contributed by atoms with Crippen molar-refractivity contribution in [2.45, 2.75) is 51.6 Å². The largest absolute Gasteiger partial charge is 0.396 e. The standard InChI is InChI=1S/C12H24N2O2/c1-3-14(8-5-9-15)12(16)11-7-4-6-10(2)13-11/h10-11,13,15H,3-9H2,1-2H3. The van der Waals surface area contributed by atoms with E-state index in [-0.39, 0.29) is 18.6 Å². The molecule has 2 N–H and O–H groups in total. The van der Waals surface area contributed by atoms with Gasteiger partial charge in [0.15, 0.2) is 0 Å². The summed E-state index contributed by atoms with van der Waals surface area (Å²) in [6.07, 6.45) is 3.90. The van der Waals surface area contributed by atoms with Gasteiger partial charge in [-0.3, -0.25) is 4.79 Å². The summed E-state index contributed by atoms with van der Waals surface area (Å²) in [7, 11) is 0. The number of carbonyl (C=O) groups excluding carboxylic acids is 1. The summed E-state index contributed by atoms with van der Waals surface area (Å²) in [6.45, 7) is 5.66. The maximum atomic E-state index is 12.2. The van der Waals surface area contributed by atoms with Crippen LogP contribution >= 0.6 is 0 Å². The Hall–Kier alpha value is -0.610. The highest BCUT2D eigenvalue weighted by Gasteiger charge is 2.27. The first-order valence-corrected chi connectivity index (χ1v) is 6.34. The zero-order valence-electron chi connectivity index (χ0n) is 10.4. The number of rotatable bonds is 5. The van der Waals surface area contributed by atoms with Crippen molar-refractivity contribution >= 4 is 5.91 Å². The Morgan fingerprint density at radius 3 is 2.81 bits per heavy atom. The van der Waals surface area contributed by atoms with Crippen molar-refractivity contribution in [1.29, 1.82) is 0 Å². The molecule has 0 spiro atoms. The van der Waals surface area contributed by atoms with Crippen LogP contribution in [0.3, 0.4) is 0 Å². The van der Waals surface area contributed by atoms with Crippen LogP contribution in [0, 0.1) is 0 Å². The smallest absolute Gasteiger partial charge is 0.239 e. The fourth-order valence-electron chi connectivity index (χ4n) is 2.24. The summed E-state index contributed by atoms with van der Waals surface area (Å²) < 4.78 is 0. The molecule has 0 aromatic carbocycles. The highest BCUT2D eigenvalue weighted by atomic mass is 16.3. The van der Waals surface area contributed by atoms with Crippen molar-refractivity contribution in [3.8, 4) is 0 Å². The van der Waals surface area contributed by atoms with Gasteiger partial charge in [-0.25, -0.2) is 0 Å². The molecule has 0 saturated carbocycles. The Labute approximate surface area is 98.0 Å². The minimum Gasteiger partial charge on any atom is -0.396 e. The number of hydrogen-bond acceptors (Lipinski definition) is 3. The summed E-state index contributed by atoms with van der Waals surface area (Å²) in [6, 6.07) is 0.432. The molecule has 4 nitrogen and oxygen atoms in total. The van der Waals surface area contributed by atoms with Crippen LogP contribution < -0.4 is 5.32 Å². The highest BCUT2D eigenvalue weighted by molar-refractivity contribution is 5.82. The topological polar surface area (TPSA) is 52.6 Å². The molecular formula is C12H24N2O2. The minimum atomic E-state index is -0.0117. The van der Waals surface area contributed by atoms with E-state index in [1.54, 1.807) is 0 Å². The van der Waals surface area contributed by atoms with Crippen LogP contribution in [0.15, 0.2) is 0 Å². The molecule has 1 fully saturated rings. The quantitative estimate of drug-likeness (QED) is 0.730. The molecule has 0 radical (unpaired) electrons. The van der Waals surface area contributed by atoms with Gasteiger partial charge in [0.25, 0.3) is 0 Å². The number of aliphatic hydroxyl groups is 1. The number of nitrogens with zero attached hydrogens (tertiary/aromatic N) is 1. The van der Waals surface area contributed by atoms with Gasteiger partial charge >= 0.3 is 0 Å². The van der Waals surface area contributed by atoms with Gasteiger partial charge in [0.1, 0.15) is 0 Å². The van der Waals surface area contributed by atoms with Crippen molar-refractivity contribution < 1.29 is 9.90 Å². The van der Waals surface area contributed by atoms with Crippen LogP contribution in [-0.4, -0.2) is 47.7 Å². The number of likely N-dealkylation sites (N-methyl/N-ethyl adjacent to an activating group) is 1. The first-order valence-electron chi connectivity index (χ1n) is 6.34. The average molecular weight is 228 g/mol. The summed E-state index contributed by atoms with van der Waals surface area (Å²) in [5, 5.41) is 12.1. The number of piperidine rings is 1. The third-order valence-corrected chi connectivity index (χ3v) is 3.19. The molecule has 1 rings (SSSR count). The van der Waals surface area contributed by atoms with Crippen molar-refractivity contribution in [3.05, 3.63) is 0 Å². The fraction of sp³-hybridized carbons (Fsp3) is 0.917. The van der Waals surface area contributed by atoms with Crippen LogP contribution in [0.2, 0.25) is 0 Å². The molecule has 1 aliphatic rings. The van der Waals surface area contributed by atoms with Gasteiger partial charge in [0.2, 0.25) is 5.91 Å². The van der Waals surface area contributed by atoms with E-state index in [4.69, 9.17) is 5.11 Å². The third-order valence-electron chi connectivity index (χ3n) is 3.19. The average Bonchev–Trinajstić information content (AvgIpc) is 2.29. The van der Waals surface area contributed by atoms with E-state index in [1.165, 1.54) is 0 Å². The Morgan fingerprint density at radius 1 is 1.50 bits per heavy atom. The Bertz CT molecular complexity index is 221. The molecule has 1 saturated heterocycles. The molecule has 1 amide bonds. The van der Waals surface area contributed by atoms with E-state index in [1.807, 2.05) is 11.8 Å². The first-order chi connectivity index (χ1) is 7.69. The lowest BCUT2D eigenvalue weighted by Crippen LogP contribution is -2.51. The second kappa shape index (κ2) is 6.86. The molecule has 0 bridgehead atoms. The summed E-state index contributed by atoms with van der Waals surface area (Å²) >= 11 is 0. The summed E-state index contributed by atoms with van der Waals surface area (Å²) in [5.41, 5.74) is 0. The van der Waals surface area contributed by atoms with Gasteiger partial charge < -0.3 is 15.3 Å². The maximum Gasteiger partial charge on any atom is 0.239 e. The Kier molecular flexibility index (Phi) is 5.77. The molecule has 2 atom stereocenters. The van der Waals surface area contributed by atoms with Gasteiger partial charge in [-0.1, -0.05) is 0 Å². The zero-order valence-corrected chi connectivity index (χ0v) is 10.4. The molecule has 1 aliphatic heterocycles. The van der Waals surface area contributed by atoms with Crippen LogP contribution in [0.25, 0.3) is 0 Å². The Balaban J connectivity index is 2.46. The molecule has 0 aromatic heterocycles. The second-order valence-electron chi connectivity index (χ2n) is 4.55. The first kappa shape index (κ1) is 13.5. The lowest BCUT2D eigenvalue weighted by molar-refractivity contribution is -0.134. The molecule has 4 heteroatoms. The van der Waals surface area contributed by atoms with Crippen molar-refractivity contribution in [2.75, 3.05) is 19.7 Å². The lowest BCUT2D eigenvalue weighted by atomic mass is 9.98. The van der Waals surface area contributed by atoms with Crippen LogP contribution in [0.1, 0.15) is 39.5 Å². The van der Waals surface area contributed by atoms with Gasteiger partial charge in [-0.2, -0.15) is 0 Å².